The van der Waals surface area contributed by atoms with Crippen LogP contribution in [0.4, 0.5) is 11.4 Å². The Hall–Kier alpha value is -2.07. The van der Waals surface area contributed by atoms with Gasteiger partial charge in [-0.05, 0) is 50.6 Å². The first-order valence-electron chi connectivity index (χ1n) is 7.34. The van der Waals surface area contributed by atoms with Gasteiger partial charge in [-0.2, -0.15) is 0 Å². The van der Waals surface area contributed by atoms with Crippen molar-refractivity contribution in [3.8, 4) is 0 Å². The van der Waals surface area contributed by atoms with Crippen molar-refractivity contribution in [2.45, 2.75) is 20.8 Å². The van der Waals surface area contributed by atoms with Gasteiger partial charge >= 0.3 is 0 Å². The minimum Gasteiger partial charge on any atom is -0.372 e. The molecule has 0 bridgehead atoms. The average Bonchev–Trinajstić information content (AvgIpc) is 2.53. The minimum absolute atomic E-state index is 0.237. The zero-order valence-electron chi connectivity index (χ0n) is 13.1. The van der Waals surface area contributed by atoms with E-state index in [0.717, 1.165) is 24.3 Å². The summed E-state index contributed by atoms with van der Waals surface area (Å²) in [5.41, 5.74) is 2.93. The van der Waals surface area contributed by atoms with Crippen LogP contribution in [0.25, 0.3) is 0 Å². The summed E-state index contributed by atoms with van der Waals surface area (Å²) in [5, 5.41) is 3.49. The molecule has 0 aliphatic carbocycles. The van der Waals surface area contributed by atoms with Crippen molar-refractivity contribution in [3.05, 3.63) is 52.8 Å². The maximum absolute atomic E-state index is 12.4. The molecule has 0 radical (unpaired) electrons. The van der Waals surface area contributed by atoms with Crippen molar-refractivity contribution in [2.75, 3.05) is 23.3 Å². The SMILES string of the molecule is CCN(CC)c1ccnc(C(=O)Nc2cccc(Cl)c2C)c1. The second kappa shape index (κ2) is 7.27. The summed E-state index contributed by atoms with van der Waals surface area (Å²) in [7, 11) is 0. The Morgan fingerprint density at radius 3 is 2.68 bits per heavy atom. The first kappa shape index (κ1) is 16.3. The smallest absolute Gasteiger partial charge is 0.274 e. The van der Waals surface area contributed by atoms with E-state index in [1.165, 1.54) is 0 Å². The normalized spacial score (nSPS) is 10.4. The number of hydrogen-bond donors (Lipinski definition) is 1. The number of nitrogens with one attached hydrogen (secondary N) is 1. The highest BCUT2D eigenvalue weighted by Crippen LogP contribution is 2.23. The van der Waals surface area contributed by atoms with E-state index in [9.17, 15) is 4.79 Å². The second-order valence-corrected chi connectivity index (χ2v) is 5.35. The van der Waals surface area contributed by atoms with E-state index in [2.05, 4.69) is 29.0 Å². The zero-order valence-corrected chi connectivity index (χ0v) is 13.8. The van der Waals surface area contributed by atoms with Crippen molar-refractivity contribution < 1.29 is 4.79 Å². The van der Waals surface area contributed by atoms with Gasteiger partial charge in [-0.25, -0.2) is 0 Å². The van der Waals surface area contributed by atoms with Crippen LogP contribution in [0, 0.1) is 6.92 Å². The Balaban J connectivity index is 2.23. The molecule has 4 nitrogen and oxygen atoms in total. The topological polar surface area (TPSA) is 45.2 Å². The second-order valence-electron chi connectivity index (χ2n) is 4.94. The lowest BCUT2D eigenvalue weighted by Gasteiger charge is -2.21. The van der Waals surface area contributed by atoms with Gasteiger partial charge in [0.05, 0.1) is 0 Å². The maximum Gasteiger partial charge on any atom is 0.274 e. The number of anilines is 2. The molecule has 5 heteroatoms. The number of amides is 1. The number of carbonyl (C=O) groups excluding carboxylic acids is 1. The Morgan fingerprint density at radius 2 is 2.00 bits per heavy atom. The monoisotopic (exact) mass is 317 g/mol. The molecule has 0 saturated carbocycles. The Labute approximate surface area is 136 Å². The van der Waals surface area contributed by atoms with Crippen LogP contribution in [0.5, 0.6) is 0 Å². The molecule has 0 atom stereocenters. The van der Waals surface area contributed by atoms with Gasteiger partial charge in [-0.15, -0.1) is 0 Å². The summed E-state index contributed by atoms with van der Waals surface area (Å²) >= 11 is 6.07. The van der Waals surface area contributed by atoms with Gasteiger partial charge in [0.1, 0.15) is 5.69 Å². The molecule has 1 N–H and O–H groups in total. The third-order valence-electron chi connectivity index (χ3n) is 3.62. The van der Waals surface area contributed by atoms with Crippen LogP contribution in [0.1, 0.15) is 29.9 Å². The molecular formula is C17H20ClN3O. The molecular weight excluding hydrogens is 298 g/mol. The summed E-state index contributed by atoms with van der Waals surface area (Å²) in [6, 6.07) is 9.15. The lowest BCUT2D eigenvalue weighted by atomic mass is 10.2. The molecule has 2 aromatic rings. The minimum atomic E-state index is -0.237. The number of carbonyl (C=O) groups is 1. The summed E-state index contributed by atoms with van der Waals surface area (Å²) in [5.74, 6) is -0.237. The Bertz CT molecular complexity index is 669. The fraction of sp³-hybridized carbons (Fsp3) is 0.294. The quantitative estimate of drug-likeness (QED) is 0.901. The van der Waals surface area contributed by atoms with E-state index < -0.39 is 0 Å². The van der Waals surface area contributed by atoms with Crippen molar-refractivity contribution in [2.24, 2.45) is 0 Å². The highest BCUT2D eigenvalue weighted by atomic mass is 35.5. The molecule has 1 amide bonds. The van der Waals surface area contributed by atoms with Gasteiger partial charge in [0.2, 0.25) is 0 Å². The number of nitrogens with zero attached hydrogens (tertiary/aromatic N) is 2. The van der Waals surface area contributed by atoms with E-state index in [0.29, 0.717) is 16.4 Å². The third-order valence-corrected chi connectivity index (χ3v) is 4.03. The lowest BCUT2D eigenvalue weighted by molar-refractivity contribution is 0.102. The van der Waals surface area contributed by atoms with Crippen LogP contribution < -0.4 is 10.2 Å². The Morgan fingerprint density at radius 1 is 1.27 bits per heavy atom. The highest BCUT2D eigenvalue weighted by Gasteiger charge is 2.12. The number of rotatable bonds is 5. The lowest BCUT2D eigenvalue weighted by Crippen LogP contribution is -2.23. The van der Waals surface area contributed by atoms with Gasteiger partial charge in [0.25, 0.3) is 5.91 Å². The molecule has 0 fully saturated rings. The Kier molecular flexibility index (Phi) is 5.39. The summed E-state index contributed by atoms with van der Waals surface area (Å²) in [4.78, 5) is 18.7. The zero-order chi connectivity index (χ0) is 16.1. The molecule has 116 valence electrons. The van der Waals surface area contributed by atoms with Gasteiger partial charge in [0, 0.05) is 35.7 Å². The molecule has 0 saturated heterocycles. The molecule has 0 unspecified atom stereocenters. The third kappa shape index (κ3) is 3.57. The van der Waals surface area contributed by atoms with E-state index in [4.69, 9.17) is 11.6 Å². The summed E-state index contributed by atoms with van der Waals surface area (Å²) in [6.45, 7) is 7.81. The first-order valence-corrected chi connectivity index (χ1v) is 7.72. The van der Waals surface area contributed by atoms with E-state index in [1.54, 1.807) is 12.3 Å². The van der Waals surface area contributed by atoms with Crippen LogP contribution in [-0.4, -0.2) is 24.0 Å². The fourth-order valence-corrected chi connectivity index (χ4v) is 2.43. The number of benzene rings is 1. The molecule has 0 aliphatic rings. The molecule has 0 aliphatic heterocycles. The van der Waals surface area contributed by atoms with Crippen molar-refractivity contribution in [1.29, 1.82) is 0 Å². The molecule has 1 heterocycles. The number of halogens is 1. The summed E-state index contributed by atoms with van der Waals surface area (Å²) in [6.07, 6.45) is 1.66. The van der Waals surface area contributed by atoms with Crippen LogP contribution >= 0.6 is 11.6 Å². The molecule has 1 aromatic heterocycles. The molecule has 22 heavy (non-hydrogen) atoms. The van der Waals surface area contributed by atoms with Gasteiger partial charge in [0.15, 0.2) is 0 Å². The molecule has 2 rings (SSSR count). The molecule has 0 spiro atoms. The van der Waals surface area contributed by atoms with Crippen molar-refractivity contribution in [3.63, 3.8) is 0 Å². The van der Waals surface area contributed by atoms with Crippen LogP contribution in [0.2, 0.25) is 5.02 Å². The van der Waals surface area contributed by atoms with Crippen LogP contribution in [0.3, 0.4) is 0 Å². The predicted octanol–water partition coefficient (Wildman–Crippen LogP) is 4.14. The first-order chi connectivity index (χ1) is 10.6. The van der Waals surface area contributed by atoms with Crippen LogP contribution in [-0.2, 0) is 0 Å². The standard InChI is InChI=1S/C17H20ClN3O/c1-4-21(5-2)13-9-10-19-16(11-13)17(22)20-15-8-6-7-14(18)12(15)3/h6-11H,4-5H2,1-3H3,(H,20,22). The van der Waals surface area contributed by atoms with E-state index in [1.807, 2.05) is 31.2 Å². The number of pyridine rings is 1. The number of aromatic nitrogens is 1. The van der Waals surface area contributed by atoms with Gasteiger partial charge in [-0.3, -0.25) is 9.78 Å². The summed E-state index contributed by atoms with van der Waals surface area (Å²) < 4.78 is 0. The van der Waals surface area contributed by atoms with Crippen molar-refractivity contribution in [1.82, 2.24) is 4.98 Å². The molecule has 1 aromatic carbocycles. The van der Waals surface area contributed by atoms with Crippen LogP contribution in [0.15, 0.2) is 36.5 Å². The largest absolute Gasteiger partial charge is 0.372 e. The van der Waals surface area contributed by atoms with Gasteiger partial charge in [-0.1, -0.05) is 17.7 Å². The maximum atomic E-state index is 12.4. The van der Waals surface area contributed by atoms with Gasteiger partial charge < -0.3 is 10.2 Å². The van der Waals surface area contributed by atoms with E-state index in [-0.39, 0.29) is 5.91 Å². The predicted molar refractivity (Wildman–Crippen MR) is 91.9 cm³/mol. The van der Waals surface area contributed by atoms with Crippen molar-refractivity contribution >= 4 is 28.9 Å². The highest BCUT2D eigenvalue weighted by molar-refractivity contribution is 6.31. The average molecular weight is 318 g/mol. The fourth-order valence-electron chi connectivity index (χ4n) is 2.26. The number of hydrogen-bond acceptors (Lipinski definition) is 3. The van der Waals surface area contributed by atoms with E-state index >= 15 is 0 Å².